The largest absolute Gasteiger partial charge is 0.356 e. The van der Waals surface area contributed by atoms with Crippen LogP contribution >= 0.6 is 0 Å². The number of pyridine rings is 1. The standard InChI is InChI=1S/C21H20N6O3/c1-14-23-21(25-29-14)15-6-7-19(22-13-15)26-8-10-27(11-9-26)20(28)12-17-16-4-2-3-5-18(16)30-24-17/h2-7,13H,8-12H2,1H3. The zero-order valence-corrected chi connectivity index (χ0v) is 16.5. The van der Waals surface area contributed by atoms with Crippen molar-refractivity contribution in [3.63, 3.8) is 0 Å². The van der Waals surface area contributed by atoms with E-state index in [2.05, 4.69) is 25.2 Å². The quantitative estimate of drug-likeness (QED) is 0.511. The summed E-state index contributed by atoms with van der Waals surface area (Å²) in [6, 6.07) is 11.5. The summed E-state index contributed by atoms with van der Waals surface area (Å²) in [7, 11) is 0. The molecule has 1 amide bonds. The first-order valence-electron chi connectivity index (χ1n) is 9.80. The van der Waals surface area contributed by atoms with Gasteiger partial charge in [-0.25, -0.2) is 4.98 Å². The van der Waals surface area contributed by atoms with Gasteiger partial charge in [-0.05, 0) is 24.3 Å². The summed E-state index contributed by atoms with van der Waals surface area (Å²) >= 11 is 0. The molecule has 0 saturated carbocycles. The van der Waals surface area contributed by atoms with Gasteiger partial charge in [0.15, 0.2) is 5.58 Å². The highest BCUT2D eigenvalue weighted by atomic mass is 16.5. The van der Waals surface area contributed by atoms with E-state index in [0.717, 1.165) is 29.9 Å². The number of amides is 1. The van der Waals surface area contributed by atoms with Gasteiger partial charge in [0, 0.05) is 50.2 Å². The summed E-state index contributed by atoms with van der Waals surface area (Å²) < 4.78 is 10.3. The molecule has 0 atom stereocenters. The number of aromatic nitrogens is 4. The zero-order chi connectivity index (χ0) is 20.5. The molecule has 0 N–H and O–H groups in total. The molecular formula is C21H20N6O3. The summed E-state index contributed by atoms with van der Waals surface area (Å²) in [6.07, 6.45) is 1.99. The number of hydrogen-bond donors (Lipinski definition) is 0. The van der Waals surface area contributed by atoms with Gasteiger partial charge < -0.3 is 18.8 Å². The number of carbonyl (C=O) groups excluding carboxylic acids is 1. The van der Waals surface area contributed by atoms with Crippen LogP contribution in [0.1, 0.15) is 11.6 Å². The lowest BCUT2D eigenvalue weighted by atomic mass is 10.1. The van der Waals surface area contributed by atoms with E-state index in [1.807, 2.05) is 41.3 Å². The predicted octanol–water partition coefficient (Wildman–Crippen LogP) is 2.47. The molecule has 1 aromatic carbocycles. The molecule has 1 aliphatic heterocycles. The second-order valence-corrected chi connectivity index (χ2v) is 7.21. The van der Waals surface area contributed by atoms with Crippen LogP contribution < -0.4 is 4.90 Å². The summed E-state index contributed by atoms with van der Waals surface area (Å²) in [5.74, 6) is 1.98. The van der Waals surface area contributed by atoms with Gasteiger partial charge in [-0.2, -0.15) is 4.98 Å². The second kappa shape index (κ2) is 7.58. The van der Waals surface area contributed by atoms with E-state index in [1.165, 1.54) is 0 Å². The minimum Gasteiger partial charge on any atom is -0.356 e. The van der Waals surface area contributed by atoms with Gasteiger partial charge in [0.1, 0.15) is 11.5 Å². The monoisotopic (exact) mass is 404 g/mol. The van der Waals surface area contributed by atoms with Crippen molar-refractivity contribution in [3.8, 4) is 11.4 Å². The fraction of sp³-hybridized carbons (Fsp3) is 0.286. The number of fused-ring (bicyclic) bond motifs is 1. The molecule has 4 heterocycles. The predicted molar refractivity (Wildman–Crippen MR) is 109 cm³/mol. The Balaban J connectivity index is 1.20. The lowest BCUT2D eigenvalue weighted by Gasteiger charge is -2.35. The maximum Gasteiger partial charge on any atom is 0.228 e. The fourth-order valence-electron chi connectivity index (χ4n) is 3.63. The van der Waals surface area contributed by atoms with E-state index in [0.29, 0.717) is 36.1 Å². The van der Waals surface area contributed by atoms with Crippen molar-refractivity contribution in [2.75, 3.05) is 31.1 Å². The Bertz CT molecular complexity index is 1170. The summed E-state index contributed by atoms with van der Waals surface area (Å²) in [5, 5.41) is 8.87. The number of hydrogen-bond acceptors (Lipinski definition) is 8. The maximum absolute atomic E-state index is 12.7. The molecule has 0 spiro atoms. The van der Waals surface area contributed by atoms with Gasteiger partial charge in [-0.15, -0.1) is 0 Å². The molecule has 5 rings (SSSR count). The smallest absolute Gasteiger partial charge is 0.228 e. The van der Waals surface area contributed by atoms with E-state index in [4.69, 9.17) is 9.05 Å². The molecule has 1 fully saturated rings. The van der Waals surface area contributed by atoms with Crippen LogP contribution in [0.15, 0.2) is 51.6 Å². The molecular weight excluding hydrogens is 384 g/mol. The highest BCUT2D eigenvalue weighted by Gasteiger charge is 2.23. The SMILES string of the molecule is Cc1nc(-c2ccc(N3CCN(C(=O)Cc4noc5ccccc45)CC3)nc2)no1. The summed E-state index contributed by atoms with van der Waals surface area (Å²) in [6.45, 7) is 4.48. The third kappa shape index (κ3) is 3.49. The highest BCUT2D eigenvalue weighted by Crippen LogP contribution is 2.21. The van der Waals surface area contributed by atoms with Crippen LogP contribution in [0, 0.1) is 6.92 Å². The number of piperazine rings is 1. The molecule has 4 aromatic rings. The lowest BCUT2D eigenvalue weighted by molar-refractivity contribution is -0.130. The van der Waals surface area contributed by atoms with Gasteiger partial charge >= 0.3 is 0 Å². The second-order valence-electron chi connectivity index (χ2n) is 7.21. The average molecular weight is 404 g/mol. The molecule has 1 aliphatic rings. The number of para-hydroxylation sites is 1. The van der Waals surface area contributed by atoms with Gasteiger partial charge in [0.2, 0.25) is 17.6 Å². The number of benzene rings is 1. The molecule has 0 radical (unpaired) electrons. The molecule has 0 unspecified atom stereocenters. The van der Waals surface area contributed by atoms with Crippen LogP contribution in [0.3, 0.4) is 0 Å². The summed E-state index contributed by atoms with van der Waals surface area (Å²) in [5.41, 5.74) is 2.20. The number of anilines is 1. The van der Waals surface area contributed by atoms with Crippen LogP contribution in [0.2, 0.25) is 0 Å². The molecule has 9 heteroatoms. The molecule has 30 heavy (non-hydrogen) atoms. The Kier molecular flexibility index (Phi) is 4.62. The van der Waals surface area contributed by atoms with Crippen LogP contribution in [-0.4, -0.2) is 57.3 Å². The normalized spacial score (nSPS) is 14.4. The molecule has 0 aliphatic carbocycles. The first-order chi connectivity index (χ1) is 14.7. The Morgan fingerprint density at radius 1 is 1.03 bits per heavy atom. The fourth-order valence-corrected chi connectivity index (χ4v) is 3.63. The Labute approximate surface area is 172 Å². The highest BCUT2D eigenvalue weighted by molar-refractivity contribution is 5.86. The van der Waals surface area contributed by atoms with Crippen molar-refractivity contribution >= 4 is 22.7 Å². The molecule has 3 aromatic heterocycles. The van der Waals surface area contributed by atoms with Gasteiger partial charge in [0.05, 0.1) is 6.42 Å². The first kappa shape index (κ1) is 18.3. The van der Waals surface area contributed by atoms with Crippen LogP contribution in [-0.2, 0) is 11.2 Å². The number of nitrogens with zero attached hydrogens (tertiary/aromatic N) is 6. The van der Waals surface area contributed by atoms with Gasteiger partial charge in [-0.3, -0.25) is 4.79 Å². The Morgan fingerprint density at radius 3 is 2.60 bits per heavy atom. The number of carbonyl (C=O) groups is 1. The molecule has 9 nitrogen and oxygen atoms in total. The van der Waals surface area contributed by atoms with Crippen molar-refractivity contribution in [2.24, 2.45) is 0 Å². The zero-order valence-electron chi connectivity index (χ0n) is 16.5. The summed E-state index contributed by atoms with van der Waals surface area (Å²) in [4.78, 5) is 25.5. The topological polar surface area (TPSA) is 101 Å². The third-order valence-corrected chi connectivity index (χ3v) is 5.26. The first-order valence-corrected chi connectivity index (χ1v) is 9.80. The average Bonchev–Trinajstić information content (AvgIpc) is 3.40. The van der Waals surface area contributed by atoms with Crippen LogP contribution in [0.25, 0.3) is 22.4 Å². The van der Waals surface area contributed by atoms with Crippen molar-refractivity contribution in [3.05, 3.63) is 54.2 Å². The number of rotatable bonds is 4. The van der Waals surface area contributed by atoms with E-state index >= 15 is 0 Å². The van der Waals surface area contributed by atoms with Crippen molar-refractivity contribution in [1.82, 2.24) is 25.2 Å². The molecule has 0 bridgehead atoms. The van der Waals surface area contributed by atoms with Crippen molar-refractivity contribution < 1.29 is 13.8 Å². The van der Waals surface area contributed by atoms with Crippen LogP contribution in [0.5, 0.6) is 0 Å². The van der Waals surface area contributed by atoms with Gasteiger partial charge in [-0.1, -0.05) is 22.4 Å². The lowest BCUT2D eigenvalue weighted by Crippen LogP contribution is -2.49. The van der Waals surface area contributed by atoms with Crippen LogP contribution in [0.4, 0.5) is 5.82 Å². The van der Waals surface area contributed by atoms with Gasteiger partial charge in [0.25, 0.3) is 0 Å². The molecule has 1 saturated heterocycles. The maximum atomic E-state index is 12.7. The van der Waals surface area contributed by atoms with E-state index in [1.54, 1.807) is 13.1 Å². The Morgan fingerprint density at radius 2 is 1.87 bits per heavy atom. The van der Waals surface area contributed by atoms with E-state index in [9.17, 15) is 4.79 Å². The van der Waals surface area contributed by atoms with Crippen molar-refractivity contribution in [2.45, 2.75) is 13.3 Å². The van der Waals surface area contributed by atoms with Crippen molar-refractivity contribution in [1.29, 1.82) is 0 Å². The minimum atomic E-state index is 0.0597. The number of aryl methyl sites for hydroxylation is 1. The minimum absolute atomic E-state index is 0.0597. The Hall–Kier alpha value is -3.75. The van der Waals surface area contributed by atoms with E-state index in [-0.39, 0.29) is 12.3 Å². The third-order valence-electron chi connectivity index (χ3n) is 5.26. The molecule has 152 valence electrons. The van der Waals surface area contributed by atoms with E-state index < -0.39 is 0 Å².